The van der Waals surface area contributed by atoms with Crippen LogP contribution in [-0.4, -0.2) is 11.0 Å². The summed E-state index contributed by atoms with van der Waals surface area (Å²) in [5, 5.41) is 23.5. The van der Waals surface area contributed by atoms with Crippen LogP contribution in [0.15, 0.2) is 18.2 Å². The van der Waals surface area contributed by atoms with Gasteiger partial charge in [-0.1, -0.05) is 32.8 Å². The third kappa shape index (κ3) is 2.74. The first kappa shape index (κ1) is 14.3. The lowest BCUT2D eigenvalue weighted by Gasteiger charge is -2.35. The molecule has 0 saturated heterocycles. The Morgan fingerprint density at radius 3 is 2.80 bits per heavy atom. The van der Waals surface area contributed by atoms with Gasteiger partial charge in [-0.2, -0.15) is 5.26 Å². The normalized spacial score (nSPS) is 25.8. The molecule has 20 heavy (non-hydrogen) atoms. The molecule has 0 amide bonds. The number of para-hydroxylation sites is 1. The maximum Gasteiger partial charge on any atom is 0.309 e. The van der Waals surface area contributed by atoms with Crippen molar-refractivity contribution in [3.63, 3.8) is 0 Å². The van der Waals surface area contributed by atoms with Crippen molar-refractivity contribution >= 4 is 11.4 Å². The van der Waals surface area contributed by atoms with Crippen molar-refractivity contribution in [3.05, 3.63) is 33.9 Å². The van der Waals surface area contributed by atoms with E-state index in [0.29, 0.717) is 17.5 Å². The number of benzene rings is 1. The summed E-state index contributed by atoms with van der Waals surface area (Å²) in [6, 6.07) is 6.97. The van der Waals surface area contributed by atoms with E-state index >= 15 is 0 Å². The minimum atomic E-state index is -0.474. The molecule has 1 aliphatic rings. The highest BCUT2D eigenvalue weighted by Gasteiger charge is 2.29. The Morgan fingerprint density at radius 2 is 2.15 bits per heavy atom. The van der Waals surface area contributed by atoms with E-state index in [9.17, 15) is 10.1 Å². The van der Waals surface area contributed by atoms with Gasteiger partial charge in [0.25, 0.3) is 0 Å². The summed E-state index contributed by atoms with van der Waals surface area (Å²) in [6.07, 6.45) is 3.36. The molecular formula is C15H19N3O2. The Bertz CT molecular complexity index is 551. The smallest absolute Gasteiger partial charge is 0.309 e. The number of anilines is 1. The van der Waals surface area contributed by atoms with Crippen LogP contribution in [0.5, 0.6) is 0 Å². The molecule has 5 heteroatoms. The van der Waals surface area contributed by atoms with Crippen molar-refractivity contribution in [3.8, 4) is 6.07 Å². The number of nitro benzene ring substituents is 1. The van der Waals surface area contributed by atoms with E-state index in [1.54, 1.807) is 12.1 Å². The van der Waals surface area contributed by atoms with Crippen LogP contribution < -0.4 is 5.32 Å². The summed E-state index contributed by atoms with van der Waals surface area (Å²) in [5.74, 6) is 1.08. The van der Waals surface area contributed by atoms with Crippen molar-refractivity contribution in [1.29, 1.82) is 5.26 Å². The molecule has 0 bridgehead atoms. The fraction of sp³-hybridized carbons (Fsp3) is 0.533. The minimum absolute atomic E-state index is 0.108. The molecule has 3 unspecified atom stereocenters. The van der Waals surface area contributed by atoms with Crippen molar-refractivity contribution in [2.75, 3.05) is 5.32 Å². The van der Waals surface area contributed by atoms with Crippen LogP contribution >= 0.6 is 0 Å². The van der Waals surface area contributed by atoms with Gasteiger partial charge in [-0.15, -0.1) is 0 Å². The third-order valence-corrected chi connectivity index (χ3v) is 4.39. The molecule has 1 aromatic carbocycles. The second-order valence-electron chi connectivity index (χ2n) is 5.59. The van der Waals surface area contributed by atoms with Crippen molar-refractivity contribution < 1.29 is 4.92 Å². The van der Waals surface area contributed by atoms with Crippen molar-refractivity contribution in [1.82, 2.24) is 0 Å². The van der Waals surface area contributed by atoms with Gasteiger partial charge in [0.2, 0.25) is 0 Å². The van der Waals surface area contributed by atoms with Gasteiger partial charge in [0.15, 0.2) is 0 Å². The van der Waals surface area contributed by atoms with Crippen LogP contribution in [0.2, 0.25) is 0 Å². The molecule has 106 valence electrons. The quantitative estimate of drug-likeness (QED) is 0.672. The third-order valence-electron chi connectivity index (χ3n) is 4.39. The van der Waals surface area contributed by atoms with E-state index in [1.165, 1.54) is 12.5 Å². The van der Waals surface area contributed by atoms with Crippen LogP contribution in [0, 0.1) is 33.3 Å². The van der Waals surface area contributed by atoms with Gasteiger partial charge >= 0.3 is 5.69 Å². The zero-order valence-electron chi connectivity index (χ0n) is 11.8. The second-order valence-corrected chi connectivity index (χ2v) is 5.59. The first-order chi connectivity index (χ1) is 9.54. The largest absolute Gasteiger partial charge is 0.376 e. The van der Waals surface area contributed by atoms with Crippen LogP contribution in [0.3, 0.4) is 0 Å². The lowest BCUT2D eigenvalue weighted by Crippen LogP contribution is -2.35. The molecule has 1 aromatic rings. The Labute approximate surface area is 118 Å². The van der Waals surface area contributed by atoms with Gasteiger partial charge in [0, 0.05) is 6.04 Å². The first-order valence-electron chi connectivity index (χ1n) is 6.98. The number of hydrogen-bond donors (Lipinski definition) is 1. The molecule has 2 rings (SSSR count). The van der Waals surface area contributed by atoms with Gasteiger partial charge in [-0.25, -0.2) is 0 Å². The number of rotatable bonds is 3. The molecule has 1 N–H and O–H groups in total. The number of nitro groups is 1. The highest BCUT2D eigenvalue weighted by atomic mass is 16.6. The molecule has 5 nitrogen and oxygen atoms in total. The lowest BCUT2D eigenvalue weighted by atomic mass is 9.78. The van der Waals surface area contributed by atoms with Gasteiger partial charge in [0.05, 0.1) is 4.92 Å². The van der Waals surface area contributed by atoms with E-state index in [0.717, 1.165) is 12.8 Å². The zero-order chi connectivity index (χ0) is 14.7. The Kier molecular flexibility index (Phi) is 4.23. The number of nitrogens with zero attached hydrogens (tertiary/aromatic N) is 2. The standard InChI is InChI=1S/C15H19N3O2/c1-10-5-3-7-13(11(10)2)17-14-8-4-6-12(9-16)15(14)18(19)20/h4,6,8,10-11,13,17H,3,5,7H2,1-2H3. The molecule has 0 aromatic heterocycles. The van der Waals surface area contributed by atoms with Gasteiger partial charge in [0.1, 0.15) is 17.3 Å². The molecule has 3 atom stereocenters. The summed E-state index contributed by atoms with van der Waals surface area (Å²) >= 11 is 0. The molecule has 1 saturated carbocycles. The molecule has 1 aliphatic carbocycles. The molecule has 0 aliphatic heterocycles. The van der Waals surface area contributed by atoms with Crippen molar-refractivity contribution in [2.24, 2.45) is 11.8 Å². The monoisotopic (exact) mass is 273 g/mol. The summed E-state index contributed by atoms with van der Waals surface area (Å²) in [4.78, 5) is 10.7. The van der Waals surface area contributed by atoms with Gasteiger partial charge in [-0.3, -0.25) is 10.1 Å². The summed E-state index contributed by atoms with van der Waals surface area (Å²) in [5.41, 5.74) is 0.455. The Morgan fingerprint density at radius 1 is 1.40 bits per heavy atom. The number of nitrogens with one attached hydrogen (secondary N) is 1. The average molecular weight is 273 g/mol. The predicted molar refractivity (Wildman–Crippen MR) is 77.4 cm³/mol. The van der Waals surface area contributed by atoms with E-state index in [2.05, 4.69) is 19.2 Å². The lowest BCUT2D eigenvalue weighted by molar-refractivity contribution is -0.384. The topological polar surface area (TPSA) is 79.0 Å². The number of nitriles is 1. The van der Waals surface area contributed by atoms with Crippen LogP contribution in [0.4, 0.5) is 11.4 Å². The fourth-order valence-corrected chi connectivity index (χ4v) is 2.93. The summed E-state index contributed by atoms with van der Waals surface area (Å²) < 4.78 is 0. The predicted octanol–water partition coefficient (Wildman–Crippen LogP) is 3.70. The maximum atomic E-state index is 11.2. The zero-order valence-corrected chi connectivity index (χ0v) is 11.8. The molecular weight excluding hydrogens is 254 g/mol. The van der Waals surface area contributed by atoms with E-state index < -0.39 is 4.92 Å². The highest BCUT2D eigenvalue weighted by Crippen LogP contribution is 2.35. The van der Waals surface area contributed by atoms with Crippen molar-refractivity contribution in [2.45, 2.75) is 39.2 Å². The second kappa shape index (κ2) is 5.91. The van der Waals surface area contributed by atoms with E-state index in [-0.39, 0.29) is 17.3 Å². The van der Waals surface area contributed by atoms with Crippen LogP contribution in [-0.2, 0) is 0 Å². The SMILES string of the molecule is CC1CCCC(Nc2cccc(C#N)c2[N+](=O)[O-])C1C. The summed E-state index contributed by atoms with van der Waals surface area (Å²) in [6.45, 7) is 4.40. The van der Waals surface area contributed by atoms with E-state index in [4.69, 9.17) is 5.26 Å². The van der Waals surface area contributed by atoms with Gasteiger partial charge < -0.3 is 5.32 Å². The molecule has 0 radical (unpaired) electrons. The first-order valence-corrected chi connectivity index (χ1v) is 6.98. The van der Waals surface area contributed by atoms with Crippen LogP contribution in [0.25, 0.3) is 0 Å². The highest BCUT2D eigenvalue weighted by molar-refractivity contribution is 5.68. The Hall–Kier alpha value is -2.09. The average Bonchev–Trinajstić information content (AvgIpc) is 2.43. The summed E-state index contributed by atoms with van der Waals surface area (Å²) in [7, 11) is 0. The maximum absolute atomic E-state index is 11.2. The van der Waals surface area contributed by atoms with E-state index in [1.807, 2.05) is 6.07 Å². The fourth-order valence-electron chi connectivity index (χ4n) is 2.93. The molecule has 0 heterocycles. The number of hydrogen-bond acceptors (Lipinski definition) is 4. The molecule has 1 fully saturated rings. The Balaban J connectivity index is 2.30. The minimum Gasteiger partial charge on any atom is -0.376 e. The molecule has 0 spiro atoms. The van der Waals surface area contributed by atoms with Crippen LogP contribution in [0.1, 0.15) is 38.7 Å². The van der Waals surface area contributed by atoms with Gasteiger partial charge in [-0.05, 0) is 30.4 Å².